The van der Waals surface area contributed by atoms with Gasteiger partial charge in [0.05, 0.1) is 5.92 Å². The van der Waals surface area contributed by atoms with Gasteiger partial charge in [0.25, 0.3) is 5.91 Å². The predicted molar refractivity (Wildman–Crippen MR) is 88.8 cm³/mol. The lowest BCUT2D eigenvalue weighted by Gasteiger charge is -2.36. The summed E-state index contributed by atoms with van der Waals surface area (Å²) >= 11 is 0. The minimum Gasteiger partial charge on any atom is -0.484 e. The first-order chi connectivity index (χ1) is 12.3. The molecule has 2 aromatic heterocycles. The number of ether oxygens (including phenoxy) is 1. The van der Waals surface area contributed by atoms with Crippen LogP contribution in [0, 0.1) is 0 Å². The van der Waals surface area contributed by atoms with Crippen molar-refractivity contribution in [2.24, 2.45) is 0 Å². The monoisotopic (exact) mass is 336 g/mol. The van der Waals surface area contributed by atoms with Gasteiger partial charge < -0.3 is 14.2 Å². The number of hydrogen-bond acceptors (Lipinski definition) is 6. The molecule has 3 heterocycles. The lowest BCUT2D eigenvalue weighted by molar-refractivity contribution is -0.138. The number of likely N-dealkylation sites (tertiary alicyclic amines) is 1. The second-order valence-electron chi connectivity index (χ2n) is 5.79. The maximum absolute atomic E-state index is 12.1. The summed E-state index contributed by atoms with van der Waals surface area (Å²) in [4.78, 5) is 22.2. The van der Waals surface area contributed by atoms with Gasteiger partial charge in [-0.1, -0.05) is 23.4 Å². The second kappa shape index (κ2) is 6.72. The molecule has 1 aliphatic rings. The van der Waals surface area contributed by atoms with Crippen LogP contribution in [0.1, 0.15) is 11.8 Å². The normalized spacial score (nSPS) is 14.2. The van der Waals surface area contributed by atoms with E-state index in [9.17, 15) is 4.79 Å². The number of carbonyl (C=O) groups excluding carboxylic acids is 1. The van der Waals surface area contributed by atoms with Gasteiger partial charge in [0, 0.05) is 31.0 Å². The number of hydrogen-bond donors (Lipinski definition) is 0. The van der Waals surface area contributed by atoms with Gasteiger partial charge >= 0.3 is 0 Å². The number of pyridine rings is 1. The van der Waals surface area contributed by atoms with Crippen LogP contribution in [0.4, 0.5) is 0 Å². The molecule has 1 saturated heterocycles. The molecular formula is C18H16N4O3. The maximum Gasteiger partial charge on any atom is 0.260 e. The topological polar surface area (TPSA) is 81.4 Å². The van der Waals surface area contributed by atoms with E-state index in [0.29, 0.717) is 30.6 Å². The Labute approximate surface area is 144 Å². The van der Waals surface area contributed by atoms with E-state index >= 15 is 0 Å². The molecule has 0 N–H and O–H groups in total. The highest BCUT2D eigenvalue weighted by molar-refractivity contribution is 5.78. The van der Waals surface area contributed by atoms with E-state index in [-0.39, 0.29) is 18.4 Å². The number of benzene rings is 1. The molecule has 0 saturated carbocycles. The van der Waals surface area contributed by atoms with Crippen LogP contribution in [0.5, 0.6) is 5.75 Å². The van der Waals surface area contributed by atoms with E-state index in [1.807, 2.05) is 42.5 Å². The largest absolute Gasteiger partial charge is 0.484 e. The Morgan fingerprint density at radius 2 is 1.92 bits per heavy atom. The van der Waals surface area contributed by atoms with Crippen molar-refractivity contribution in [3.8, 4) is 17.1 Å². The second-order valence-corrected chi connectivity index (χ2v) is 5.79. The summed E-state index contributed by atoms with van der Waals surface area (Å²) < 4.78 is 10.8. The van der Waals surface area contributed by atoms with Gasteiger partial charge in [0.15, 0.2) is 6.61 Å². The van der Waals surface area contributed by atoms with Gasteiger partial charge in [-0.3, -0.25) is 9.78 Å². The lowest BCUT2D eigenvalue weighted by Crippen LogP contribution is -2.50. The highest BCUT2D eigenvalue weighted by Crippen LogP contribution is 2.27. The highest BCUT2D eigenvalue weighted by atomic mass is 16.5. The van der Waals surface area contributed by atoms with Crippen LogP contribution < -0.4 is 4.74 Å². The Morgan fingerprint density at radius 3 is 2.68 bits per heavy atom. The fourth-order valence-corrected chi connectivity index (χ4v) is 2.61. The number of nitrogens with zero attached hydrogens (tertiary/aromatic N) is 4. The van der Waals surface area contributed by atoms with Gasteiger partial charge in [-0.05, 0) is 24.3 Å². The predicted octanol–water partition coefficient (Wildman–Crippen LogP) is 2.14. The molecule has 1 aromatic carbocycles. The average molecular weight is 336 g/mol. The first kappa shape index (κ1) is 15.3. The Hall–Kier alpha value is -3.22. The summed E-state index contributed by atoms with van der Waals surface area (Å²) in [5.74, 6) is 1.80. The fourth-order valence-electron chi connectivity index (χ4n) is 2.61. The molecule has 7 heteroatoms. The average Bonchev–Trinajstić information content (AvgIpc) is 3.10. The van der Waals surface area contributed by atoms with Gasteiger partial charge in [-0.15, -0.1) is 0 Å². The smallest absolute Gasteiger partial charge is 0.260 e. The molecule has 4 rings (SSSR count). The molecule has 0 unspecified atom stereocenters. The van der Waals surface area contributed by atoms with Crippen molar-refractivity contribution in [2.75, 3.05) is 19.7 Å². The standard InChI is InChI=1S/C18H16N4O3/c23-16(12-24-15-4-2-1-3-5-15)22-10-14(11-22)18-20-17(21-25-18)13-6-8-19-9-7-13/h1-9,14H,10-12H2. The molecule has 1 fully saturated rings. The van der Waals surface area contributed by atoms with Crippen LogP contribution in [-0.4, -0.2) is 45.6 Å². The molecule has 7 nitrogen and oxygen atoms in total. The molecule has 1 amide bonds. The molecule has 126 valence electrons. The fraction of sp³-hybridized carbons (Fsp3) is 0.222. The van der Waals surface area contributed by atoms with Crippen LogP contribution in [0.2, 0.25) is 0 Å². The summed E-state index contributed by atoms with van der Waals surface area (Å²) in [5.41, 5.74) is 0.855. The summed E-state index contributed by atoms with van der Waals surface area (Å²) in [6.07, 6.45) is 3.36. The van der Waals surface area contributed by atoms with Crippen LogP contribution in [0.3, 0.4) is 0 Å². The molecule has 25 heavy (non-hydrogen) atoms. The van der Waals surface area contributed by atoms with Crippen LogP contribution >= 0.6 is 0 Å². The van der Waals surface area contributed by atoms with E-state index in [4.69, 9.17) is 9.26 Å². The number of carbonyl (C=O) groups is 1. The van der Waals surface area contributed by atoms with Crippen molar-refractivity contribution in [1.82, 2.24) is 20.0 Å². The molecule has 0 radical (unpaired) electrons. The van der Waals surface area contributed by atoms with E-state index < -0.39 is 0 Å². The Balaban J connectivity index is 1.30. The molecule has 1 aliphatic heterocycles. The number of rotatable bonds is 5. The molecular weight excluding hydrogens is 320 g/mol. The van der Waals surface area contributed by atoms with Crippen LogP contribution in [-0.2, 0) is 4.79 Å². The summed E-state index contributed by atoms with van der Waals surface area (Å²) in [6.45, 7) is 1.16. The third kappa shape index (κ3) is 3.35. The maximum atomic E-state index is 12.1. The van der Waals surface area contributed by atoms with E-state index in [0.717, 1.165) is 5.56 Å². The minimum atomic E-state index is -0.0472. The zero-order valence-corrected chi connectivity index (χ0v) is 13.4. The van der Waals surface area contributed by atoms with Crippen molar-refractivity contribution in [3.05, 3.63) is 60.7 Å². The third-order valence-electron chi connectivity index (χ3n) is 4.07. The molecule has 0 aliphatic carbocycles. The molecule has 0 atom stereocenters. The number of aromatic nitrogens is 3. The van der Waals surface area contributed by atoms with Crippen LogP contribution in [0.15, 0.2) is 59.4 Å². The first-order valence-corrected chi connectivity index (χ1v) is 7.99. The van der Waals surface area contributed by atoms with E-state index in [1.54, 1.807) is 17.3 Å². The van der Waals surface area contributed by atoms with Gasteiger partial charge in [-0.2, -0.15) is 4.98 Å². The first-order valence-electron chi connectivity index (χ1n) is 7.99. The Morgan fingerprint density at radius 1 is 1.16 bits per heavy atom. The molecule has 0 bridgehead atoms. The Bertz CT molecular complexity index is 845. The minimum absolute atomic E-state index is 0.0306. The van der Waals surface area contributed by atoms with E-state index in [1.165, 1.54) is 0 Å². The zero-order valence-electron chi connectivity index (χ0n) is 13.4. The zero-order chi connectivity index (χ0) is 17.1. The molecule has 3 aromatic rings. The SMILES string of the molecule is O=C(COc1ccccc1)N1CC(c2nc(-c3ccncc3)no2)C1. The van der Waals surface area contributed by atoms with Gasteiger partial charge in [-0.25, -0.2) is 0 Å². The van der Waals surface area contributed by atoms with Crippen molar-refractivity contribution < 1.29 is 14.1 Å². The van der Waals surface area contributed by atoms with Crippen LogP contribution in [0.25, 0.3) is 11.4 Å². The summed E-state index contributed by atoms with van der Waals surface area (Å²) in [5, 5.41) is 3.99. The van der Waals surface area contributed by atoms with Crippen molar-refractivity contribution in [2.45, 2.75) is 5.92 Å². The lowest BCUT2D eigenvalue weighted by atomic mass is 10.0. The third-order valence-corrected chi connectivity index (χ3v) is 4.07. The molecule has 0 spiro atoms. The Kier molecular flexibility index (Phi) is 4.12. The van der Waals surface area contributed by atoms with Gasteiger partial charge in [0.2, 0.25) is 11.7 Å². The van der Waals surface area contributed by atoms with Crippen molar-refractivity contribution >= 4 is 5.91 Å². The highest BCUT2D eigenvalue weighted by Gasteiger charge is 2.35. The number of para-hydroxylation sites is 1. The summed E-state index contributed by atoms with van der Waals surface area (Å²) in [6, 6.07) is 12.9. The van der Waals surface area contributed by atoms with Crippen molar-refractivity contribution in [3.63, 3.8) is 0 Å². The quantitative estimate of drug-likeness (QED) is 0.710. The summed E-state index contributed by atoms with van der Waals surface area (Å²) in [7, 11) is 0. The van der Waals surface area contributed by atoms with Gasteiger partial charge in [0.1, 0.15) is 5.75 Å². The van der Waals surface area contributed by atoms with Crippen molar-refractivity contribution in [1.29, 1.82) is 0 Å². The number of amides is 1. The van der Waals surface area contributed by atoms with E-state index in [2.05, 4.69) is 15.1 Å².